The molecule has 1 aromatic heterocycles. The molecule has 0 unspecified atom stereocenters. The highest BCUT2D eigenvalue weighted by molar-refractivity contribution is 7.11. The van der Waals surface area contributed by atoms with E-state index < -0.39 is 0 Å². The number of likely N-dealkylation sites (tertiary alicyclic amines) is 1. The Labute approximate surface area is 155 Å². The van der Waals surface area contributed by atoms with Crippen molar-refractivity contribution < 1.29 is 4.74 Å². The van der Waals surface area contributed by atoms with E-state index in [4.69, 9.17) is 4.74 Å². The molecule has 0 bridgehead atoms. The van der Waals surface area contributed by atoms with Gasteiger partial charge in [-0.3, -0.25) is 9.80 Å². The number of aryl methyl sites for hydroxylation is 1. The fraction of sp³-hybridized carbons (Fsp3) is 0.524. The van der Waals surface area contributed by atoms with Crippen LogP contribution in [0.2, 0.25) is 0 Å². The number of benzene rings is 1. The molecule has 3 nitrogen and oxygen atoms in total. The van der Waals surface area contributed by atoms with Crippen LogP contribution in [0, 0.1) is 6.92 Å². The van der Waals surface area contributed by atoms with Crippen LogP contribution < -0.4 is 0 Å². The third-order valence-corrected chi connectivity index (χ3v) is 6.57. The Morgan fingerprint density at radius 1 is 1.04 bits per heavy atom. The largest absolute Gasteiger partial charge is 0.379 e. The first kappa shape index (κ1) is 17.2. The molecule has 2 aromatic rings. The molecule has 0 amide bonds. The summed E-state index contributed by atoms with van der Waals surface area (Å²) in [6.45, 7) is 8.45. The standard InChI is InChI=1S/C21H28N2OS/c1-17-7-8-19(25-17)16-23-10-9-20(22-11-13-24-14-12-22)21(23)15-18-5-3-2-4-6-18/h2-8,20-21H,9-16H2,1H3/t20-,21+/m1/s1. The molecular formula is C21H28N2OS. The summed E-state index contributed by atoms with van der Waals surface area (Å²) in [5.74, 6) is 0. The first-order valence-corrected chi connectivity index (χ1v) is 10.3. The summed E-state index contributed by atoms with van der Waals surface area (Å²) in [5, 5.41) is 0. The molecule has 4 rings (SSSR count). The maximum absolute atomic E-state index is 5.58. The van der Waals surface area contributed by atoms with Crippen LogP contribution in [-0.4, -0.2) is 54.7 Å². The second-order valence-corrected chi connectivity index (χ2v) is 8.62. The van der Waals surface area contributed by atoms with E-state index in [-0.39, 0.29) is 0 Å². The quantitative estimate of drug-likeness (QED) is 0.814. The Balaban J connectivity index is 1.52. The van der Waals surface area contributed by atoms with Crippen LogP contribution in [0.15, 0.2) is 42.5 Å². The van der Waals surface area contributed by atoms with Gasteiger partial charge in [0.2, 0.25) is 0 Å². The molecule has 0 spiro atoms. The van der Waals surface area contributed by atoms with Crippen molar-refractivity contribution in [2.45, 2.75) is 38.4 Å². The minimum absolute atomic E-state index is 0.600. The van der Waals surface area contributed by atoms with Gasteiger partial charge in [0.1, 0.15) is 0 Å². The number of thiophene rings is 1. The van der Waals surface area contributed by atoms with Crippen molar-refractivity contribution in [1.82, 2.24) is 9.80 Å². The van der Waals surface area contributed by atoms with Gasteiger partial charge < -0.3 is 4.74 Å². The zero-order valence-electron chi connectivity index (χ0n) is 15.1. The van der Waals surface area contributed by atoms with Gasteiger partial charge in [-0.05, 0) is 37.5 Å². The molecule has 2 saturated heterocycles. The number of nitrogens with zero attached hydrogens (tertiary/aromatic N) is 2. The van der Waals surface area contributed by atoms with Crippen LogP contribution in [0.3, 0.4) is 0 Å². The molecule has 1 aromatic carbocycles. The van der Waals surface area contributed by atoms with Crippen molar-refractivity contribution in [2.75, 3.05) is 32.8 Å². The fourth-order valence-electron chi connectivity index (χ4n) is 4.32. The highest BCUT2D eigenvalue weighted by atomic mass is 32.1. The Kier molecular flexibility index (Phi) is 5.51. The van der Waals surface area contributed by atoms with E-state index in [1.807, 2.05) is 11.3 Å². The smallest absolute Gasteiger partial charge is 0.0594 e. The molecule has 0 aliphatic carbocycles. The minimum atomic E-state index is 0.600. The van der Waals surface area contributed by atoms with Gasteiger partial charge >= 0.3 is 0 Å². The maximum atomic E-state index is 5.58. The molecule has 4 heteroatoms. The molecular weight excluding hydrogens is 328 g/mol. The van der Waals surface area contributed by atoms with Crippen molar-refractivity contribution in [3.05, 3.63) is 57.8 Å². The molecule has 2 fully saturated rings. The first-order valence-electron chi connectivity index (χ1n) is 9.45. The lowest BCUT2D eigenvalue weighted by molar-refractivity contribution is 0.00794. The predicted molar refractivity (Wildman–Crippen MR) is 104 cm³/mol. The van der Waals surface area contributed by atoms with Crippen LogP contribution in [0.1, 0.15) is 21.7 Å². The average molecular weight is 357 g/mol. The monoisotopic (exact) mass is 356 g/mol. The van der Waals surface area contributed by atoms with E-state index in [2.05, 4.69) is 59.2 Å². The van der Waals surface area contributed by atoms with Crippen molar-refractivity contribution in [2.24, 2.45) is 0 Å². The van der Waals surface area contributed by atoms with Gasteiger partial charge in [-0.15, -0.1) is 11.3 Å². The normalized spacial score (nSPS) is 25.5. The van der Waals surface area contributed by atoms with E-state index in [1.165, 1.54) is 28.3 Å². The highest BCUT2D eigenvalue weighted by Crippen LogP contribution is 2.29. The third kappa shape index (κ3) is 4.14. The van der Waals surface area contributed by atoms with Gasteiger partial charge in [-0.1, -0.05) is 30.3 Å². The van der Waals surface area contributed by atoms with Crippen LogP contribution in [0.5, 0.6) is 0 Å². The lowest BCUT2D eigenvalue weighted by atomic mass is 9.98. The summed E-state index contributed by atoms with van der Waals surface area (Å²) in [4.78, 5) is 8.31. The minimum Gasteiger partial charge on any atom is -0.379 e. The van der Waals surface area contributed by atoms with Crippen LogP contribution >= 0.6 is 11.3 Å². The number of rotatable bonds is 5. The summed E-state index contributed by atoms with van der Waals surface area (Å²) in [7, 11) is 0. The van der Waals surface area contributed by atoms with E-state index in [1.54, 1.807) is 0 Å². The molecule has 0 radical (unpaired) electrons. The van der Waals surface area contributed by atoms with Crippen molar-refractivity contribution in [3.8, 4) is 0 Å². The average Bonchev–Trinajstić information content (AvgIpc) is 3.23. The van der Waals surface area contributed by atoms with E-state index >= 15 is 0 Å². The number of hydrogen-bond donors (Lipinski definition) is 0. The predicted octanol–water partition coefficient (Wildman–Crippen LogP) is 3.57. The fourth-order valence-corrected chi connectivity index (χ4v) is 5.24. The summed E-state index contributed by atoms with van der Waals surface area (Å²) in [6.07, 6.45) is 2.43. The van der Waals surface area contributed by atoms with Gasteiger partial charge in [0.15, 0.2) is 0 Å². The number of hydrogen-bond acceptors (Lipinski definition) is 4. The van der Waals surface area contributed by atoms with Crippen molar-refractivity contribution in [3.63, 3.8) is 0 Å². The topological polar surface area (TPSA) is 15.7 Å². The zero-order valence-corrected chi connectivity index (χ0v) is 15.9. The lowest BCUT2D eigenvalue weighted by Gasteiger charge is -2.37. The number of ether oxygens (including phenoxy) is 1. The Hall–Kier alpha value is -1.20. The van der Waals surface area contributed by atoms with Crippen molar-refractivity contribution >= 4 is 11.3 Å². The number of morpholine rings is 1. The van der Waals surface area contributed by atoms with Crippen LogP contribution in [-0.2, 0) is 17.7 Å². The molecule has 2 aliphatic heterocycles. The maximum Gasteiger partial charge on any atom is 0.0594 e. The molecule has 0 saturated carbocycles. The van der Waals surface area contributed by atoms with Crippen molar-refractivity contribution in [1.29, 1.82) is 0 Å². The molecule has 2 atom stereocenters. The molecule has 3 heterocycles. The third-order valence-electron chi connectivity index (χ3n) is 5.58. The van der Waals surface area contributed by atoms with E-state index in [0.717, 1.165) is 39.3 Å². The Morgan fingerprint density at radius 2 is 1.84 bits per heavy atom. The second kappa shape index (κ2) is 8.00. The van der Waals surface area contributed by atoms with Gasteiger partial charge in [0.25, 0.3) is 0 Å². The van der Waals surface area contributed by atoms with E-state index in [9.17, 15) is 0 Å². The SMILES string of the molecule is Cc1ccc(CN2CC[C@@H](N3CCOCC3)[C@@H]2Cc2ccccc2)s1. The first-order chi connectivity index (χ1) is 12.3. The second-order valence-electron chi connectivity index (χ2n) is 7.24. The van der Waals surface area contributed by atoms with Gasteiger partial charge in [0.05, 0.1) is 13.2 Å². The lowest BCUT2D eigenvalue weighted by Crippen LogP contribution is -2.50. The Bertz CT molecular complexity index is 666. The van der Waals surface area contributed by atoms with Gasteiger partial charge in [-0.25, -0.2) is 0 Å². The van der Waals surface area contributed by atoms with Crippen LogP contribution in [0.25, 0.3) is 0 Å². The highest BCUT2D eigenvalue weighted by Gasteiger charge is 2.38. The molecule has 0 N–H and O–H groups in total. The summed E-state index contributed by atoms with van der Waals surface area (Å²) in [6, 6.07) is 16.8. The zero-order chi connectivity index (χ0) is 17.1. The summed E-state index contributed by atoms with van der Waals surface area (Å²) < 4.78 is 5.58. The van der Waals surface area contributed by atoms with Gasteiger partial charge in [-0.2, -0.15) is 0 Å². The van der Waals surface area contributed by atoms with Gasteiger partial charge in [0, 0.05) is 48.0 Å². The molecule has 2 aliphatic rings. The molecule has 25 heavy (non-hydrogen) atoms. The Morgan fingerprint density at radius 3 is 2.56 bits per heavy atom. The molecule has 134 valence electrons. The van der Waals surface area contributed by atoms with Crippen LogP contribution in [0.4, 0.5) is 0 Å². The summed E-state index contributed by atoms with van der Waals surface area (Å²) in [5.41, 5.74) is 1.46. The summed E-state index contributed by atoms with van der Waals surface area (Å²) >= 11 is 1.94. The van der Waals surface area contributed by atoms with E-state index in [0.29, 0.717) is 12.1 Å².